The van der Waals surface area contributed by atoms with Crippen LogP contribution in [0.1, 0.15) is 0 Å². The van der Waals surface area contributed by atoms with E-state index in [2.05, 4.69) is 5.32 Å². The van der Waals surface area contributed by atoms with Crippen molar-refractivity contribution in [1.82, 2.24) is 9.62 Å². The van der Waals surface area contributed by atoms with Crippen molar-refractivity contribution < 1.29 is 13.3 Å². The van der Waals surface area contributed by atoms with Crippen LogP contribution >= 0.6 is 0 Å². The molecule has 1 aromatic rings. The van der Waals surface area contributed by atoms with Crippen molar-refractivity contribution in [1.29, 1.82) is 0 Å². The lowest BCUT2D eigenvalue weighted by atomic mass is 10.2. The van der Waals surface area contributed by atoms with E-state index in [1.165, 1.54) is 35.6 Å². The van der Waals surface area contributed by atoms with Crippen molar-refractivity contribution in [2.75, 3.05) is 20.1 Å². The third-order valence-electron chi connectivity index (χ3n) is 3.00. The Morgan fingerprint density at radius 2 is 1.89 bits per heavy atom. The zero-order valence-electron chi connectivity index (χ0n) is 9.74. The molecule has 0 unspecified atom stereocenters. The molecule has 0 saturated carbocycles. The summed E-state index contributed by atoms with van der Waals surface area (Å²) in [5.74, 6) is 0. The van der Waals surface area contributed by atoms with E-state index >= 15 is 0 Å². The number of hydrogen-bond acceptors (Lipinski definition) is 5. The summed E-state index contributed by atoms with van der Waals surface area (Å²) in [7, 11) is -2.05. The fourth-order valence-electron chi connectivity index (χ4n) is 1.63. The Kier molecular flexibility index (Phi) is 3.33. The molecule has 0 spiro atoms. The molecule has 0 aromatic heterocycles. The average molecular weight is 271 g/mol. The largest absolute Gasteiger partial charge is 0.313 e. The fourth-order valence-corrected chi connectivity index (χ4v) is 2.99. The van der Waals surface area contributed by atoms with Gasteiger partial charge in [0.25, 0.3) is 5.69 Å². The van der Waals surface area contributed by atoms with Crippen molar-refractivity contribution in [3.63, 3.8) is 0 Å². The lowest BCUT2D eigenvalue weighted by Crippen LogP contribution is -2.57. The maximum Gasteiger partial charge on any atom is 0.269 e. The summed E-state index contributed by atoms with van der Waals surface area (Å²) in [6.45, 7) is 1.26. The number of non-ortho nitro benzene ring substituents is 1. The Bertz CT molecular complexity index is 551. The first-order chi connectivity index (χ1) is 8.43. The second kappa shape index (κ2) is 4.63. The minimum atomic E-state index is -3.57. The van der Waals surface area contributed by atoms with Gasteiger partial charge in [-0.05, 0) is 12.1 Å². The first-order valence-corrected chi connectivity index (χ1v) is 6.80. The highest BCUT2D eigenvalue weighted by Gasteiger charge is 2.31. The molecule has 1 aromatic carbocycles. The first kappa shape index (κ1) is 12.9. The van der Waals surface area contributed by atoms with Gasteiger partial charge in [-0.2, -0.15) is 4.31 Å². The Morgan fingerprint density at radius 3 is 2.28 bits per heavy atom. The van der Waals surface area contributed by atoms with Crippen LogP contribution in [-0.4, -0.2) is 43.8 Å². The van der Waals surface area contributed by atoms with Crippen LogP contribution < -0.4 is 5.32 Å². The lowest BCUT2D eigenvalue weighted by molar-refractivity contribution is -0.384. The molecule has 0 bridgehead atoms. The SMILES string of the molecule is CN(C1CNC1)S(=O)(=O)c1ccc([N+](=O)[O-])cc1. The van der Waals surface area contributed by atoms with E-state index in [0.717, 1.165) is 0 Å². The van der Waals surface area contributed by atoms with E-state index in [1.54, 1.807) is 0 Å². The summed E-state index contributed by atoms with van der Waals surface area (Å²) in [5, 5.41) is 13.5. The predicted octanol–water partition coefficient (Wildman–Crippen LogP) is 0.187. The van der Waals surface area contributed by atoms with Crippen LogP contribution in [0.4, 0.5) is 5.69 Å². The van der Waals surface area contributed by atoms with Crippen molar-refractivity contribution in [3.8, 4) is 0 Å². The van der Waals surface area contributed by atoms with Crippen LogP contribution in [0.5, 0.6) is 0 Å². The van der Waals surface area contributed by atoms with E-state index in [4.69, 9.17) is 0 Å². The van der Waals surface area contributed by atoms with E-state index in [-0.39, 0.29) is 16.6 Å². The number of nitro groups is 1. The topological polar surface area (TPSA) is 92.6 Å². The molecule has 0 radical (unpaired) electrons. The van der Waals surface area contributed by atoms with Crippen molar-refractivity contribution in [2.24, 2.45) is 0 Å². The van der Waals surface area contributed by atoms with Gasteiger partial charge in [-0.3, -0.25) is 10.1 Å². The normalized spacial score (nSPS) is 16.6. The number of benzene rings is 1. The molecule has 0 aliphatic carbocycles. The van der Waals surface area contributed by atoms with Crippen LogP contribution in [0.15, 0.2) is 29.2 Å². The maximum atomic E-state index is 12.2. The molecule has 0 amide bonds. The van der Waals surface area contributed by atoms with Crippen molar-refractivity contribution in [3.05, 3.63) is 34.4 Å². The predicted molar refractivity (Wildman–Crippen MR) is 64.7 cm³/mol. The number of sulfonamides is 1. The van der Waals surface area contributed by atoms with Gasteiger partial charge in [-0.1, -0.05) is 0 Å². The highest BCUT2D eigenvalue weighted by Crippen LogP contribution is 2.20. The quantitative estimate of drug-likeness (QED) is 0.623. The second-order valence-electron chi connectivity index (χ2n) is 4.08. The number of nitrogens with one attached hydrogen (secondary N) is 1. The monoisotopic (exact) mass is 271 g/mol. The van der Waals surface area contributed by atoms with Gasteiger partial charge in [0.1, 0.15) is 0 Å². The average Bonchev–Trinajstić information content (AvgIpc) is 2.26. The van der Waals surface area contributed by atoms with Crippen LogP contribution in [0.2, 0.25) is 0 Å². The molecule has 0 atom stereocenters. The number of nitro benzene ring substituents is 1. The lowest BCUT2D eigenvalue weighted by Gasteiger charge is -2.34. The van der Waals surface area contributed by atoms with Gasteiger partial charge in [0, 0.05) is 38.3 Å². The van der Waals surface area contributed by atoms with Gasteiger partial charge in [0.2, 0.25) is 10.0 Å². The Balaban J connectivity index is 2.26. The summed E-state index contributed by atoms with van der Waals surface area (Å²) >= 11 is 0. The minimum absolute atomic E-state index is 0.0507. The van der Waals surface area contributed by atoms with E-state index in [0.29, 0.717) is 13.1 Å². The molecule has 1 heterocycles. The van der Waals surface area contributed by atoms with Crippen LogP contribution in [0.3, 0.4) is 0 Å². The summed E-state index contributed by atoms with van der Waals surface area (Å²) < 4.78 is 25.6. The number of nitrogens with zero attached hydrogens (tertiary/aromatic N) is 2. The second-order valence-corrected chi connectivity index (χ2v) is 6.08. The van der Waals surface area contributed by atoms with Crippen LogP contribution in [0.25, 0.3) is 0 Å². The highest BCUT2D eigenvalue weighted by atomic mass is 32.2. The van der Waals surface area contributed by atoms with Gasteiger partial charge in [0.15, 0.2) is 0 Å². The van der Waals surface area contributed by atoms with Crippen molar-refractivity contribution >= 4 is 15.7 Å². The third-order valence-corrected chi connectivity index (χ3v) is 4.92. The van der Waals surface area contributed by atoms with Crippen molar-refractivity contribution in [2.45, 2.75) is 10.9 Å². The molecule has 1 N–H and O–H groups in total. The third kappa shape index (κ3) is 2.22. The summed E-state index contributed by atoms with van der Waals surface area (Å²) in [6.07, 6.45) is 0. The standard InChI is InChI=1S/C10H13N3O4S/c1-12(9-6-11-7-9)18(16,17)10-4-2-8(3-5-10)13(14)15/h2-5,9,11H,6-7H2,1H3. The molecule has 2 rings (SSSR count). The summed E-state index contributed by atoms with van der Waals surface area (Å²) in [5.41, 5.74) is -0.123. The van der Waals surface area contributed by atoms with Gasteiger partial charge < -0.3 is 5.32 Å². The Labute approximate surface area is 105 Å². The number of likely N-dealkylation sites (N-methyl/N-ethyl adjacent to an activating group) is 1. The molecule has 8 heteroatoms. The number of rotatable bonds is 4. The smallest absolute Gasteiger partial charge is 0.269 e. The minimum Gasteiger partial charge on any atom is -0.313 e. The Hall–Kier alpha value is -1.51. The molecule has 1 fully saturated rings. The van der Waals surface area contributed by atoms with Crippen LogP contribution in [-0.2, 0) is 10.0 Å². The molecular weight excluding hydrogens is 258 g/mol. The van der Waals surface area contributed by atoms with E-state index < -0.39 is 14.9 Å². The fraction of sp³-hybridized carbons (Fsp3) is 0.400. The van der Waals surface area contributed by atoms with Gasteiger partial charge in [0.05, 0.1) is 9.82 Å². The molecule has 98 valence electrons. The molecule has 1 aliphatic heterocycles. The first-order valence-electron chi connectivity index (χ1n) is 5.36. The maximum absolute atomic E-state index is 12.2. The van der Waals surface area contributed by atoms with E-state index in [9.17, 15) is 18.5 Å². The van der Waals surface area contributed by atoms with Crippen LogP contribution in [0, 0.1) is 10.1 Å². The molecular formula is C10H13N3O4S. The molecule has 7 nitrogen and oxygen atoms in total. The van der Waals surface area contributed by atoms with Gasteiger partial charge >= 0.3 is 0 Å². The number of hydrogen-bond donors (Lipinski definition) is 1. The Morgan fingerprint density at radius 1 is 1.33 bits per heavy atom. The highest BCUT2D eigenvalue weighted by molar-refractivity contribution is 7.89. The molecule has 18 heavy (non-hydrogen) atoms. The van der Waals surface area contributed by atoms with Gasteiger partial charge in [-0.15, -0.1) is 0 Å². The van der Waals surface area contributed by atoms with E-state index in [1.807, 2.05) is 0 Å². The van der Waals surface area contributed by atoms with Gasteiger partial charge in [-0.25, -0.2) is 8.42 Å². The summed E-state index contributed by atoms with van der Waals surface area (Å²) in [4.78, 5) is 10.0. The molecule has 1 saturated heterocycles. The molecule has 1 aliphatic rings. The summed E-state index contributed by atoms with van der Waals surface area (Å²) in [6, 6.07) is 4.86. The zero-order valence-corrected chi connectivity index (χ0v) is 10.6. The zero-order chi connectivity index (χ0) is 13.3.